The van der Waals surface area contributed by atoms with E-state index in [4.69, 9.17) is 0 Å². The Hall–Kier alpha value is -2.22. The van der Waals surface area contributed by atoms with Crippen molar-refractivity contribution < 1.29 is 0 Å². The molecule has 0 aliphatic carbocycles. The number of anilines is 1. The molecule has 0 radical (unpaired) electrons. The van der Waals surface area contributed by atoms with Crippen molar-refractivity contribution in [3.05, 3.63) is 65.4 Å². The molecule has 0 atom stereocenters. The first-order chi connectivity index (χ1) is 9.72. The first kappa shape index (κ1) is 12.8. The molecule has 2 heteroatoms. The average Bonchev–Trinajstić information content (AvgIpc) is 3.06. The van der Waals surface area contributed by atoms with E-state index in [0.717, 1.165) is 6.54 Å². The summed E-state index contributed by atoms with van der Waals surface area (Å²) in [6, 6.07) is 15.1. The number of aromatic nitrogens is 1. The Morgan fingerprint density at radius 3 is 2.60 bits per heavy atom. The van der Waals surface area contributed by atoms with Crippen LogP contribution in [0.25, 0.3) is 10.9 Å². The van der Waals surface area contributed by atoms with Crippen molar-refractivity contribution in [3.63, 3.8) is 0 Å². The molecule has 0 fully saturated rings. The largest absolute Gasteiger partial charge is 0.384 e. The van der Waals surface area contributed by atoms with E-state index in [1.807, 2.05) is 6.20 Å². The standard InChI is InChI=1S/C9H11N.C9H9N/c2*1-7-2-3-8-4-5-10-9(8)6-7/h2-3,6,10H,4-5H2,1H3;2-6,10H,1H3. The molecule has 0 bridgehead atoms. The van der Waals surface area contributed by atoms with Gasteiger partial charge < -0.3 is 10.3 Å². The lowest BCUT2D eigenvalue weighted by Crippen LogP contribution is -1.90. The molecule has 2 N–H and O–H groups in total. The molecule has 1 aliphatic heterocycles. The van der Waals surface area contributed by atoms with Crippen molar-refractivity contribution in [1.82, 2.24) is 4.98 Å². The Balaban J connectivity index is 0.000000121. The second-order valence-corrected chi connectivity index (χ2v) is 5.41. The summed E-state index contributed by atoms with van der Waals surface area (Å²) in [5, 5.41) is 4.62. The van der Waals surface area contributed by atoms with Crippen LogP contribution in [0, 0.1) is 13.8 Å². The van der Waals surface area contributed by atoms with Crippen molar-refractivity contribution in [2.24, 2.45) is 0 Å². The van der Waals surface area contributed by atoms with Crippen LogP contribution in [-0.2, 0) is 6.42 Å². The predicted octanol–water partition coefficient (Wildman–Crippen LogP) is 4.44. The molecule has 2 heterocycles. The maximum atomic E-state index is 3.34. The maximum absolute atomic E-state index is 3.34. The Morgan fingerprint density at radius 1 is 0.900 bits per heavy atom. The molecule has 3 aromatic rings. The lowest BCUT2D eigenvalue weighted by atomic mass is 10.1. The highest BCUT2D eigenvalue weighted by molar-refractivity contribution is 5.79. The molecule has 1 aliphatic rings. The van der Waals surface area contributed by atoms with Crippen molar-refractivity contribution >= 4 is 16.6 Å². The summed E-state index contributed by atoms with van der Waals surface area (Å²) in [6.07, 6.45) is 3.15. The third kappa shape index (κ3) is 2.69. The molecule has 0 amide bonds. The molecular formula is C18H20N2. The van der Waals surface area contributed by atoms with Gasteiger partial charge in [-0.3, -0.25) is 0 Å². The quantitative estimate of drug-likeness (QED) is 0.617. The van der Waals surface area contributed by atoms with Crippen LogP contribution in [0.15, 0.2) is 48.7 Å². The van der Waals surface area contributed by atoms with E-state index in [1.165, 1.54) is 39.7 Å². The normalized spacial score (nSPS) is 12.5. The number of aryl methyl sites for hydroxylation is 2. The summed E-state index contributed by atoms with van der Waals surface area (Å²) in [5.74, 6) is 0. The van der Waals surface area contributed by atoms with Crippen LogP contribution in [0.2, 0.25) is 0 Å². The Bertz CT molecular complexity index is 725. The van der Waals surface area contributed by atoms with Crippen LogP contribution < -0.4 is 5.32 Å². The molecule has 0 saturated heterocycles. The summed E-state index contributed by atoms with van der Waals surface area (Å²) < 4.78 is 0. The van der Waals surface area contributed by atoms with Crippen molar-refractivity contribution in [3.8, 4) is 0 Å². The highest BCUT2D eigenvalue weighted by Gasteiger charge is 2.07. The van der Waals surface area contributed by atoms with E-state index in [-0.39, 0.29) is 0 Å². The van der Waals surface area contributed by atoms with Gasteiger partial charge in [0, 0.05) is 23.9 Å². The van der Waals surface area contributed by atoms with Gasteiger partial charge in [-0.15, -0.1) is 0 Å². The van der Waals surface area contributed by atoms with E-state index >= 15 is 0 Å². The van der Waals surface area contributed by atoms with Gasteiger partial charge in [0.1, 0.15) is 0 Å². The van der Waals surface area contributed by atoms with Crippen LogP contribution in [-0.4, -0.2) is 11.5 Å². The van der Waals surface area contributed by atoms with Gasteiger partial charge in [-0.1, -0.05) is 24.3 Å². The van der Waals surface area contributed by atoms with Gasteiger partial charge in [-0.2, -0.15) is 0 Å². The van der Waals surface area contributed by atoms with E-state index < -0.39 is 0 Å². The van der Waals surface area contributed by atoms with Gasteiger partial charge in [-0.05, 0) is 60.5 Å². The van der Waals surface area contributed by atoms with Crippen LogP contribution in [0.3, 0.4) is 0 Å². The smallest absolute Gasteiger partial charge is 0.0456 e. The molecule has 2 aromatic carbocycles. The number of fused-ring (bicyclic) bond motifs is 2. The molecule has 2 nitrogen and oxygen atoms in total. The number of hydrogen-bond acceptors (Lipinski definition) is 1. The highest BCUT2D eigenvalue weighted by atomic mass is 14.9. The first-order valence-corrected chi connectivity index (χ1v) is 7.09. The summed E-state index contributed by atoms with van der Waals surface area (Å²) in [5.41, 5.74) is 6.66. The second kappa shape index (κ2) is 5.41. The first-order valence-electron chi connectivity index (χ1n) is 7.09. The average molecular weight is 264 g/mol. The summed E-state index contributed by atoms with van der Waals surface area (Å²) in [4.78, 5) is 3.16. The molecule has 1 aromatic heterocycles. The fourth-order valence-electron chi connectivity index (χ4n) is 2.57. The number of hydrogen-bond donors (Lipinski definition) is 2. The zero-order valence-electron chi connectivity index (χ0n) is 12.0. The minimum absolute atomic E-state index is 1.11. The van der Waals surface area contributed by atoms with Gasteiger partial charge >= 0.3 is 0 Å². The van der Waals surface area contributed by atoms with Crippen molar-refractivity contribution in [1.29, 1.82) is 0 Å². The number of nitrogens with one attached hydrogen (secondary N) is 2. The van der Waals surface area contributed by atoms with E-state index in [1.54, 1.807) is 0 Å². The zero-order valence-corrected chi connectivity index (χ0v) is 12.0. The monoisotopic (exact) mass is 264 g/mol. The molecule has 0 spiro atoms. The third-order valence-electron chi connectivity index (χ3n) is 3.69. The fourth-order valence-corrected chi connectivity index (χ4v) is 2.57. The lowest BCUT2D eigenvalue weighted by molar-refractivity contribution is 1.11. The SMILES string of the molecule is Cc1ccc2c(c1)NCC2.Cc1ccc2cc[nH]c2c1. The van der Waals surface area contributed by atoms with Gasteiger partial charge in [0.05, 0.1) is 0 Å². The van der Waals surface area contributed by atoms with Crippen molar-refractivity contribution in [2.75, 3.05) is 11.9 Å². The van der Waals surface area contributed by atoms with Gasteiger partial charge in [0.15, 0.2) is 0 Å². The van der Waals surface area contributed by atoms with Gasteiger partial charge in [0.2, 0.25) is 0 Å². The zero-order chi connectivity index (χ0) is 13.9. The predicted molar refractivity (Wildman–Crippen MR) is 86.4 cm³/mol. The summed E-state index contributed by atoms with van der Waals surface area (Å²) >= 11 is 0. The molecule has 20 heavy (non-hydrogen) atoms. The Kier molecular flexibility index (Phi) is 3.46. The number of benzene rings is 2. The van der Waals surface area contributed by atoms with Gasteiger partial charge in [0.25, 0.3) is 0 Å². The van der Waals surface area contributed by atoms with E-state index in [2.05, 4.69) is 66.6 Å². The Morgan fingerprint density at radius 2 is 1.70 bits per heavy atom. The topological polar surface area (TPSA) is 27.8 Å². The van der Waals surface area contributed by atoms with Crippen LogP contribution >= 0.6 is 0 Å². The lowest BCUT2D eigenvalue weighted by Gasteiger charge is -1.98. The number of rotatable bonds is 0. The third-order valence-corrected chi connectivity index (χ3v) is 3.69. The fraction of sp³-hybridized carbons (Fsp3) is 0.222. The van der Waals surface area contributed by atoms with Crippen LogP contribution in [0.4, 0.5) is 5.69 Å². The maximum Gasteiger partial charge on any atom is 0.0456 e. The molecular weight excluding hydrogens is 244 g/mol. The van der Waals surface area contributed by atoms with Crippen LogP contribution in [0.1, 0.15) is 16.7 Å². The number of aromatic amines is 1. The van der Waals surface area contributed by atoms with E-state index in [9.17, 15) is 0 Å². The second-order valence-electron chi connectivity index (χ2n) is 5.41. The van der Waals surface area contributed by atoms with Gasteiger partial charge in [-0.25, -0.2) is 0 Å². The number of H-pyrrole nitrogens is 1. The van der Waals surface area contributed by atoms with Crippen LogP contribution in [0.5, 0.6) is 0 Å². The molecule has 0 saturated carbocycles. The Labute approximate surface area is 119 Å². The summed E-state index contributed by atoms with van der Waals surface area (Å²) in [7, 11) is 0. The molecule has 4 rings (SSSR count). The van der Waals surface area contributed by atoms with E-state index in [0.29, 0.717) is 0 Å². The molecule has 0 unspecified atom stereocenters. The van der Waals surface area contributed by atoms with Crippen molar-refractivity contribution in [2.45, 2.75) is 20.3 Å². The molecule has 102 valence electrons. The highest BCUT2D eigenvalue weighted by Crippen LogP contribution is 2.22. The minimum Gasteiger partial charge on any atom is -0.384 e. The minimum atomic E-state index is 1.11. The summed E-state index contributed by atoms with van der Waals surface area (Å²) in [6.45, 7) is 5.33.